The van der Waals surface area contributed by atoms with E-state index in [9.17, 15) is 23.7 Å². The van der Waals surface area contributed by atoms with Gasteiger partial charge in [-0.2, -0.15) is 8.42 Å². The summed E-state index contributed by atoms with van der Waals surface area (Å²) < 4.78 is 39.9. The standard InChI is InChI=1S/C10H17N7O8S/c11-6-15-5-3(2-24-8(13)18)14-7(12)17-1-4(25-26(21,22)23)10(19,20)9(5,17)16-6/h3-5,19-20H,1-2H2,(H2,12,14)(H2,13,18)(H3,11,15,16)(H,21,22,23)/p-1/t3-,4-,5-,9-/m0/s1. The number of nitrogens with two attached hydrogens (primary N) is 2. The lowest BCUT2D eigenvalue weighted by Gasteiger charge is -2.49. The van der Waals surface area contributed by atoms with Crippen LogP contribution in [0.4, 0.5) is 0 Å². The van der Waals surface area contributed by atoms with Crippen LogP contribution in [0.25, 0.3) is 0 Å². The van der Waals surface area contributed by atoms with E-state index in [2.05, 4.69) is 24.2 Å². The molecule has 0 amide bonds. The van der Waals surface area contributed by atoms with Crippen LogP contribution in [0.15, 0.2) is 9.98 Å². The zero-order valence-corrected chi connectivity index (χ0v) is 13.8. The topological polar surface area (TPSA) is 252 Å². The smallest absolute Gasteiger partial charge is 0.397 e. The van der Waals surface area contributed by atoms with Gasteiger partial charge < -0.3 is 41.7 Å². The summed E-state index contributed by atoms with van der Waals surface area (Å²) >= 11 is 0. The van der Waals surface area contributed by atoms with Gasteiger partial charge in [0.1, 0.15) is 12.1 Å². The van der Waals surface area contributed by atoms with Gasteiger partial charge in [-0.1, -0.05) is 0 Å². The maximum absolute atomic E-state index is 11.0. The fourth-order valence-corrected chi connectivity index (χ4v) is 3.93. The van der Waals surface area contributed by atoms with Gasteiger partial charge in [0.25, 0.3) is 0 Å². The van der Waals surface area contributed by atoms with Gasteiger partial charge in [0, 0.05) is 6.61 Å². The highest BCUT2D eigenvalue weighted by molar-refractivity contribution is 7.80. The third-order valence-corrected chi connectivity index (χ3v) is 4.85. The van der Waals surface area contributed by atoms with E-state index in [-0.39, 0.29) is 11.9 Å². The third-order valence-electron chi connectivity index (χ3n) is 4.37. The minimum absolute atomic E-state index is 0.243. The summed E-state index contributed by atoms with van der Waals surface area (Å²) in [6.45, 7) is -0.971. The third kappa shape index (κ3) is 2.58. The lowest BCUT2D eigenvalue weighted by Crippen LogP contribution is -2.77. The van der Waals surface area contributed by atoms with Crippen molar-refractivity contribution >= 4 is 28.4 Å². The minimum atomic E-state index is -5.04. The van der Waals surface area contributed by atoms with Crippen molar-refractivity contribution in [1.29, 1.82) is 5.41 Å². The molecule has 3 aliphatic rings. The first-order chi connectivity index (χ1) is 11.9. The molecule has 3 heterocycles. The van der Waals surface area contributed by atoms with Gasteiger partial charge >= 0.3 is 10.4 Å². The van der Waals surface area contributed by atoms with Crippen molar-refractivity contribution in [3.05, 3.63) is 0 Å². The highest BCUT2D eigenvalue weighted by Crippen LogP contribution is 2.45. The van der Waals surface area contributed by atoms with Gasteiger partial charge in [-0.15, -0.1) is 0 Å². The number of aliphatic imine (C=N–C) groups is 2. The Balaban J connectivity index is 2.04. The normalized spacial score (nSPS) is 35.0. The summed E-state index contributed by atoms with van der Waals surface area (Å²) in [6.07, 6.45) is -3.23. The molecule has 0 aliphatic carbocycles. The van der Waals surface area contributed by atoms with Gasteiger partial charge in [-0.3, -0.25) is 9.96 Å². The van der Waals surface area contributed by atoms with Crippen LogP contribution in [-0.2, 0) is 19.3 Å². The van der Waals surface area contributed by atoms with E-state index >= 15 is 0 Å². The molecule has 0 unspecified atom stereocenters. The Labute approximate surface area is 146 Å². The number of nitrogens with one attached hydrogen (secondary N) is 2. The molecule has 0 saturated carbocycles. The summed E-state index contributed by atoms with van der Waals surface area (Å²) in [4.78, 5) is 9.12. The zero-order chi connectivity index (χ0) is 19.5. The number of guanidine groups is 2. The number of hydrogen-bond acceptors (Lipinski definition) is 14. The Hall–Kier alpha value is -2.40. The van der Waals surface area contributed by atoms with Crippen molar-refractivity contribution in [2.45, 2.75) is 29.6 Å². The Morgan fingerprint density at radius 3 is 2.69 bits per heavy atom. The second-order valence-corrected chi connectivity index (χ2v) is 6.90. The van der Waals surface area contributed by atoms with Crippen molar-refractivity contribution in [3.8, 4) is 0 Å². The molecule has 4 atom stereocenters. The average molecular weight is 394 g/mol. The Morgan fingerprint density at radius 2 is 2.12 bits per heavy atom. The van der Waals surface area contributed by atoms with E-state index < -0.39 is 59.3 Å². The zero-order valence-electron chi connectivity index (χ0n) is 12.9. The fourth-order valence-electron chi connectivity index (χ4n) is 3.45. The van der Waals surface area contributed by atoms with Gasteiger partial charge in [0.2, 0.25) is 5.79 Å². The predicted molar refractivity (Wildman–Crippen MR) is 80.7 cm³/mol. The summed E-state index contributed by atoms with van der Waals surface area (Å²) in [5.41, 5.74) is 9.47. The molecule has 1 saturated heterocycles. The van der Waals surface area contributed by atoms with Crippen LogP contribution in [0.1, 0.15) is 0 Å². The Morgan fingerprint density at radius 1 is 1.46 bits per heavy atom. The quantitative estimate of drug-likeness (QED) is 0.102. The molecule has 0 aromatic carbocycles. The van der Waals surface area contributed by atoms with Crippen LogP contribution in [0.2, 0.25) is 0 Å². The molecule has 0 bridgehead atoms. The molecule has 1 spiro atoms. The van der Waals surface area contributed by atoms with Gasteiger partial charge in [0.05, 0.1) is 12.6 Å². The fraction of sp³-hybridized carbons (Fsp3) is 0.700. The van der Waals surface area contributed by atoms with Crippen LogP contribution in [0.5, 0.6) is 0 Å². The molecule has 0 aromatic rings. The molecular weight excluding hydrogens is 378 g/mol. The second-order valence-electron chi connectivity index (χ2n) is 5.85. The highest BCUT2D eigenvalue weighted by Gasteiger charge is 2.74. The van der Waals surface area contributed by atoms with Gasteiger partial charge in [-0.25, -0.2) is 14.2 Å². The van der Waals surface area contributed by atoms with E-state index in [4.69, 9.17) is 21.4 Å². The minimum Gasteiger partial charge on any atom is -0.598 e. The van der Waals surface area contributed by atoms with E-state index in [1.165, 1.54) is 0 Å². The summed E-state index contributed by atoms with van der Waals surface area (Å²) in [7, 11) is -5.04. The number of nitrogens with zero attached hydrogens (tertiary/aromatic N) is 3. The van der Waals surface area contributed by atoms with Crippen molar-refractivity contribution < 1.29 is 37.2 Å². The van der Waals surface area contributed by atoms with Crippen LogP contribution in [0.3, 0.4) is 0 Å². The molecule has 16 heteroatoms. The van der Waals surface area contributed by atoms with Crippen molar-refractivity contribution in [1.82, 2.24) is 10.2 Å². The molecule has 0 radical (unpaired) electrons. The van der Waals surface area contributed by atoms with Crippen LogP contribution in [-0.4, -0.2) is 88.9 Å². The second kappa shape index (κ2) is 5.55. The molecule has 1 fully saturated rings. The predicted octanol–water partition coefficient (Wildman–Crippen LogP) is -5.84. The largest absolute Gasteiger partial charge is 0.598 e. The summed E-state index contributed by atoms with van der Waals surface area (Å²) in [5.74, 6) is -3.49. The van der Waals surface area contributed by atoms with Crippen molar-refractivity contribution in [2.24, 2.45) is 21.5 Å². The number of aliphatic hydroxyl groups is 2. The number of ether oxygens (including phenoxy) is 1. The van der Waals surface area contributed by atoms with Crippen molar-refractivity contribution in [2.75, 3.05) is 13.2 Å². The van der Waals surface area contributed by atoms with Crippen LogP contribution in [0, 0.1) is 5.41 Å². The van der Waals surface area contributed by atoms with E-state index in [0.717, 1.165) is 4.90 Å². The molecule has 15 nitrogen and oxygen atoms in total. The first kappa shape index (κ1) is 18.4. The molecule has 3 aliphatic heterocycles. The monoisotopic (exact) mass is 394 g/mol. The first-order valence-electron chi connectivity index (χ1n) is 7.09. The Bertz CT molecular complexity index is 797. The molecule has 26 heavy (non-hydrogen) atoms. The molecule has 0 aromatic heterocycles. The van der Waals surface area contributed by atoms with Crippen molar-refractivity contribution in [3.63, 3.8) is 0 Å². The molecular formula is C10H16N7O8S-. The van der Waals surface area contributed by atoms with E-state index in [0.29, 0.717) is 0 Å². The van der Waals surface area contributed by atoms with E-state index in [1.54, 1.807) is 0 Å². The first-order valence-corrected chi connectivity index (χ1v) is 8.46. The number of hydrogen-bond donors (Lipinski definition) is 7. The average Bonchev–Trinajstić information content (AvgIpc) is 2.93. The lowest BCUT2D eigenvalue weighted by molar-refractivity contribution is -0.258. The number of rotatable bonds is 4. The maximum atomic E-state index is 11.0. The molecule has 146 valence electrons. The van der Waals surface area contributed by atoms with Crippen LogP contribution < -0.4 is 21.9 Å². The van der Waals surface area contributed by atoms with Gasteiger partial charge in [0.15, 0.2) is 23.7 Å². The Kier molecular flexibility index (Phi) is 3.92. The molecule has 9 N–H and O–H groups in total. The lowest BCUT2D eigenvalue weighted by atomic mass is 9.86. The van der Waals surface area contributed by atoms with Gasteiger partial charge in [-0.05, 0) is 0 Å². The summed E-state index contributed by atoms with van der Waals surface area (Å²) in [5, 5.41) is 41.4. The maximum Gasteiger partial charge on any atom is 0.397 e. The summed E-state index contributed by atoms with van der Waals surface area (Å²) in [6, 6.07) is -2.25. The van der Waals surface area contributed by atoms with E-state index in [1.807, 2.05) is 0 Å². The van der Waals surface area contributed by atoms with Crippen LogP contribution >= 0.6 is 0 Å². The highest BCUT2D eigenvalue weighted by atomic mass is 32.3. The molecule has 3 rings (SSSR count). The SMILES string of the molecule is N=C([O-])OC[C@@H]1N=C(N)N2C[C@H](OS(=O)(=O)O)C(O)(O)[C@@]23NC(N)=N[C@@H]13.